The largest absolute Gasteiger partial charge is 0.398 e. The highest BCUT2D eigenvalue weighted by Crippen LogP contribution is 2.51. The first-order valence-electron chi connectivity index (χ1n) is 8.01. The molecule has 5 nitrogen and oxygen atoms in total. The van der Waals surface area contributed by atoms with Gasteiger partial charge in [0.15, 0.2) is 0 Å². The number of rotatable bonds is 2. The van der Waals surface area contributed by atoms with Crippen LogP contribution in [0.3, 0.4) is 0 Å². The number of benzene rings is 3. The van der Waals surface area contributed by atoms with Crippen molar-refractivity contribution in [2.24, 2.45) is 0 Å². The lowest BCUT2D eigenvalue weighted by atomic mass is 9.86. The number of nitrogen functional groups attached to an aromatic ring is 2. The molecule has 0 atom stereocenters. The van der Waals surface area contributed by atoms with Gasteiger partial charge in [0, 0.05) is 22.7 Å². The molecule has 0 unspecified atom stereocenters. The second kappa shape index (κ2) is 5.34. The van der Waals surface area contributed by atoms with Crippen LogP contribution in [0.25, 0.3) is 11.1 Å². The van der Waals surface area contributed by atoms with Crippen LogP contribution in [0.5, 0.6) is 0 Å². The normalized spacial score (nSPS) is 12.7. The number of fused-ring (bicyclic) bond motifs is 3. The van der Waals surface area contributed by atoms with E-state index < -0.39 is 4.92 Å². The van der Waals surface area contributed by atoms with Crippen LogP contribution in [0.4, 0.5) is 17.1 Å². The Labute approximate surface area is 145 Å². The zero-order valence-corrected chi connectivity index (χ0v) is 13.7. The van der Waals surface area contributed by atoms with Gasteiger partial charge in [0.05, 0.1) is 4.92 Å². The van der Waals surface area contributed by atoms with Crippen molar-refractivity contribution >= 4 is 17.1 Å². The molecule has 5 heteroatoms. The molecule has 124 valence electrons. The van der Waals surface area contributed by atoms with E-state index in [1.54, 1.807) is 13.0 Å². The molecule has 0 heterocycles. The highest BCUT2D eigenvalue weighted by molar-refractivity contribution is 5.84. The molecule has 4 rings (SSSR count). The Morgan fingerprint density at radius 3 is 1.96 bits per heavy atom. The van der Waals surface area contributed by atoms with E-state index in [0.717, 1.165) is 22.3 Å². The van der Waals surface area contributed by atoms with E-state index in [2.05, 4.69) is 0 Å². The van der Waals surface area contributed by atoms with Crippen LogP contribution in [0.15, 0.2) is 54.6 Å². The lowest BCUT2D eigenvalue weighted by Crippen LogP contribution is -2.09. The standard InChI is InChI=1S/C20H17N3O2/c1-11-17(21)10-16(20(19(11)22)23(24)25)18-14-8-4-2-6-12(14)13-7-3-5-9-15(13)18/h2-10,18H,21-22H2,1H3. The van der Waals surface area contributed by atoms with Crippen molar-refractivity contribution in [2.45, 2.75) is 12.8 Å². The van der Waals surface area contributed by atoms with Crippen LogP contribution in [0.1, 0.15) is 28.2 Å². The molecule has 0 saturated carbocycles. The van der Waals surface area contributed by atoms with Gasteiger partial charge in [0.2, 0.25) is 0 Å². The predicted molar refractivity (Wildman–Crippen MR) is 99.5 cm³/mol. The summed E-state index contributed by atoms with van der Waals surface area (Å²) < 4.78 is 0. The van der Waals surface area contributed by atoms with Gasteiger partial charge in [0.25, 0.3) is 5.69 Å². The third kappa shape index (κ3) is 2.09. The van der Waals surface area contributed by atoms with E-state index >= 15 is 0 Å². The van der Waals surface area contributed by atoms with E-state index in [1.165, 1.54) is 0 Å². The molecule has 0 spiro atoms. The van der Waals surface area contributed by atoms with E-state index in [4.69, 9.17) is 11.5 Å². The highest BCUT2D eigenvalue weighted by atomic mass is 16.6. The second-order valence-corrected chi connectivity index (χ2v) is 6.31. The minimum atomic E-state index is -0.402. The van der Waals surface area contributed by atoms with Crippen molar-refractivity contribution in [3.63, 3.8) is 0 Å². The van der Waals surface area contributed by atoms with Gasteiger partial charge in [-0.05, 0) is 35.2 Å². The molecule has 0 bridgehead atoms. The molecule has 1 aliphatic carbocycles. The lowest BCUT2D eigenvalue weighted by molar-refractivity contribution is -0.384. The Balaban J connectivity index is 2.08. The minimum Gasteiger partial charge on any atom is -0.398 e. The van der Waals surface area contributed by atoms with Crippen LogP contribution >= 0.6 is 0 Å². The van der Waals surface area contributed by atoms with Crippen molar-refractivity contribution in [1.82, 2.24) is 0 Å². The van der Waals surface area contributed by atoms with Crippen LogP contribution < -0.4 is 11.5 Å². The maximum absolute atomic E-state index is 11.8. The second-order valence-electron chi connectivity index (χ2n) is 6.31. The summed E-state index contributed by atoms with van der Waals surface area (Å²) in [6.07, 6.45) is 0. The quantitative estimate of drug-likeness (QED) is 0.326. The van der Waals surface area contributed by atoms with Crippen molar-refractivity contribution in [1.29, 1.82) is 0 Å². The fourth-order valence-electron chi connectivity index (χ4n) is 3.75. The Hall–Kier alpha value is -3.34. The fourth-order valence-corrected chi connectivity index (χ4v) is 3.75. The van der Waals surface area contributed by atoms with Crippen molar-refractivity contribution in [3.05, 3.63) is 87.0 Å². The lowest BCUT2D eigenvalue weighted by Gasteiger charge is -2.17. The van der Waals surface area contributed by atoms with E-state index in [-0.39, 0.29) is 17.3 Å². The predicted octanol–water partition coefficient (Wildman–Crippen LogP) is 4.23. The number of anilines is 2. The molecule has 0 aliphatic heterocycles. The van der Waals surface area contributed by atoms with Crippen LogP contribution in [0.2, 0.25) is 0 Å². The Morgan fingerprint density at radius 2 is 1.44 bits per heavy atom. The summed E-state index contributed by atoms with van der Waals surface area (Å²) in [5, 5.41) is 11.8. The van der Waals surface area contributed by atoms with Crippen LogP contribution in [-0.4, -0.2) is 4.92 Å². The smallest absolute Gasteiger partial charge is 0.296 e. The topological polar surface area (TPSA) is 95.2 Å². The van der Waals surface area contributed by atoms with Crippen molar-refractivity contribution in [2.75, 3.05) is 11.5 Å². The molecule has 1 aliphatic rings. The monoisotopic (exact) mass is 331 g/mol. The maximum Gasteiger partial charge on any atom is 0.296 e. The van der Waals surface area contributed by atoms with Gasteiger partial charge in [-0.2, -0.15) is 0 Å². The first-order valence-corrected chi connectivity index (χ1v) is 8.01. The molecule has 0 saturated heterocycles. The third-order valence-corrected chi connectivity index (χ3v) is 5.00. The minimum absolute atomic E-state index is 0.0526. The summed E-state index contributed by atoms with van der Waals surface area (Å²) in [5.74, 6) is -0.252. The van der Waals surface area contributed by atoms with Gasteiger partial charge >= 0.3 is 0 Å². The molecule has 0 fully saturated rings. The van der Waals surface area contributed by atoms with Crippen molar-refractivity contribution < 1.29 is 4.92 Å². The molecule has 0 amide bonds. The zero-order valence-electron chi connectivity index (χ0n) is 13.7. The number of hydrogen-bond donors (Lipinski definition) is 2. The Kier molecular flexibility index (Phi) is 3.25. The number of hydrogen-bond acceptors (Lipinski definition) is 4. The molecule has 0 aromatic heterocycles. The number of nitro groups is 1. The molecule has 3 aromatic rings. The van der Waals surface area contributed by atoms with E-state index in [9.17, 15) is 10.1 Å². The third-order valence-electron chi connectivity index (χ3n) is 5.00. The first-order chi connectivity index (χ1) is 12.0. The van der Waals surface area contributed by atoms with E-state index in [1.807, 2.05) is 48.5 Å². The van der Waals surface area contributed by atoms with Gasteiger partial charge in [-0.1, -0.05) is 48.5 Å². The summed E-state index contributed by atoms with van der Waals surface area (Å²) in [5.41, 5.74) is 18.1. The van der Waals surface area contributed by atoms with E-state index in [0.29, 0.717) is 16.8 Å². The number of nitro benzene ring substituents is 1. The van der Waals surface area contributed by atoms with Gasteiger partial charge in [-0.3, -0.25) is 10.1 Å². The molecular weight excluding hydrogens is 314 g/mol. The van der Waals surface area contributed by atoms with Gasteiger partial charge in [-0.15, -0.1) is 0 Å². The van der Waals surface area contributed by atoms with Gasteiger partial charge in [0.1, 0.15) is 5.69 Å². The summed E-state index contributed by atoms with van der Waals surface area (Å²) in [7, 11) is 0. The molecule has 4 N–H and O–H groups in total. The van der Waals surface area contributed by atoms with Crippen molar-refractivity contribution in [3.8, 4) is 11.1 Å². The summed E-state index contributed by atoms with van der Waals surface area (Å²) in [6, 6.07) is 17.7. The molecular formula is C20H17N3O2. The van der Waals surface area contributed by atoms with Crippen LogP contribution in [-0.2, 0) is 0 Å². The average Bonchev–Trinajstić information content (AvgIpc) is 2.93. The Morgan fingerprint density at radius 1 is 0.920 bits per heavy atom. The summed E-state index contributed by atoms with van der Waals surface area (Å²) in [6.45, 7) is 1.71. The maximum atomic E-state index is 11.8. The van der Waals surface area contributed by atoms with Gasteiger partial charge in [-0.25, -0.2) is 0 Å². The molecule has 3 aromatic carbocycles. The first kappa shape index (κ1) is 15.2. The average molecular weight is 331 g/mol. The summed E-state index contributed by atoms with van der Waals surface area (Å²) in [4.78, 5) is 11.4. The number of nitrogens with zero attached hydrogens (tertiary/aromatic N) is 1. The Bertz CT molecular complexity index is 982. The summed E-state index contributed by atoms with van der Waals surface area (Å²) >= 11 is 0. The number of nitrogens with two attached hydrogens (primary N) is 2. The van der Waals surface area contributed by atoms with Crippen LogP contribution in [0, 0.1) is 17.0 Å². The fraction of sp³-hybridized carbons (Fsp3) is 0.100. The van der Waals surface area contributed by atoms with Gasteiger partial charge < -0.3 is 11.5 Å². The highest BCUT2D eigenvalue weighted by Gasteiger charge is 2.35. The zero-order chi connectivity index (χ0) is 17.7. The molecule has 0 radical (unpaired) electrons. The SMILES string of the molecule is Cc1c(N)cc(C2c3ccccc3-c3ccccc32)c([N+](=O)[O-])c1N. The molecule has 25 heavy (non-hydrogen) atoms.